The Balaban J connectivity index is 1.70. The third-order valence-corrected chi connectivity index (χ3v) is 8.65. The minimum absolute atomic E-state index is 0.0158. The summed E-state index contributed by atoms with van der Waals surface area (Å²) in [6.45, 7) is 5.96. The molecule has 11 heteroatoms. The number of phenolic OH excluding ortho intramolecular Hbond substituents is 1. The van der Waals surface area contributed by atoms with Crippen LogP contribution in [0.15, 0.2) is 23.0 Å². The van der Waals surface area contributed by atoms with Crippen LogP contribution in [0.4, 0.5) is 0 Å². The van der Waals surface area contributed by atoms with Crippen molar-refractivity contribution in [2.45, 2.75) is 57.2 Å². The topological polar surface area (TPSA) is 197 Å². The van der Waals surface area contributed by atoms with Gasteiger partial charge >= 0.3 is 0 Å². The molecule has 0 unspecified atom stereocenters. The number of aliphatic hydroxyl groups is 3. The first kappa shape index (κ1) is 26.2. The summed E-state index contributed by atoms with van der Waals surface area (Å²) in [6, 6.07) is 0.0968. The first-order chi connectivity index (χ1) is 18.0. The van der Waals surface area contributed by atoms with E-state index in [-0.39, 0.29) is 35.8 Å². The van der Waals surface area contributed by atoms with Gasteiger partial charge < -0.3 is 36.6 Å². The van der Waals surface area contributed by atoms with E-state index >= 15 is 0 Å². The smallest absolute Gasteiger partial charge is 0.255 e. The number of likely N-dealkylation sites (tertiary alicyclic amines) is 1. The zero-order valence-corrected chi connectivity index (χ0v) is 21.4. The van der Waals surface area contributed by atoms with Gasteiger partial charge in [-0.2, -0.15) is 0 Å². The fraction of sp³-hybridized carbons (Fsp3) is 0.519. The zero-order valence-electron chi connectivity index (χ0n) is 21.4. The highest BCUT2D eigenvalue weighted by molar-refractivity contribution is 6.24. The number of hydrogen-bond donors (Lipinski definition) is 6. The number of rotatable bonds is 5. The monoisotopic (exact) mass is 527 g/mol. The predicted molar refractivity (Wildman–Crippen MR) is 135 cm³/mol. The van der Waals surface area contributed by atoms with E-state index in [0.29, 0.717) is 17.9 Å². The van der Waals surface area contributed by atoms with Gasteiger partial charge in [0, 0.05) is 28.7 Å². The van der Waals surface area contributed by atoms with Gasteiger partial charge in [0.05, 0.1) is 18.2 Å². The van der Waals surface area contributed by atoms with E-state index in [9.17, 15) is 34.8 Å². The van der Waals surface area contributed by atoms with Gasteiger partial charge in [-0.1, -0.05) is 6.92 Å². The standard InChI is InChI=1S/C27H33N3O8/c1-3-30-7-5-6-15(30)12-10-16(31)18-13(23(12)38-4-2)8-11-9-14-20(28)22(33)19(26(29)36)25(35)27(14,37)24(34)17(11)21(18)32/h10-11,14-15,20,31-32,35,37H,3-9,28H2,1-2H3,(H2,29,36)/t11-,14-,15-,20-,27-/m0/s1. The second kappa shape index (κ2) is 9.11. The van der Waals surface area contributed by atoms with Gasteiger partial charge in [-0.05, 0) is 57.7 Å². The van der Waals surface area contributed by atoms with Crippen LogP contribution < -0.4 is 16.2 Å². The Bertz CT molecular complexity index is 1320. The Hall–Kier alpha value is -3.41. The third kappa shape index (κ3) is 3.41. The molecule has 5 atom stereocenters. The highest BCUT2D eigenvalue weighted by atomic mass is 16.5. The van der Waals surface area contributed by atoms with Gasteiger partial charge in [0.2, 0.25) is 5.78 Å². The van der Waals surface area contributed by atoms with Crippen LogP contribution in [0.1, 0.15) is 55.8 Å². The van der Waals surface area contributed by atoms with E-state index in [2.05, 4.69) is 11.8 Å². The Kier molecular flexibility index (Phi) is 6.28. The number of primary amides is 1. The fourth-order valence-corrected chi connectivity index (χ4v) is 6.91. The van der Waals surface area contributed by atoms with E-state index in [1.165, 1.54) is 0 Å². The number of Topliss-reactive ketones (excluding diaryl/α,β-unsaturated/α-hetero) is 2. The van der Waals surface area contributed by atoms with Gasteiger partial charge in [-0.25, -0.2) is 0 Å². The van der Waals surface area contributed by atoms with Crippen LogP contribution in [0, 0.1) is 11.8 Å². The number of hydrogen-bond acceptors (Lipinski definition) is 10. The maximum atomic E-state index is 13.7. The molecule has 1 amide bonds. The zero-order chi connectivity index (χ0) is 27.7. The number of aromatic hydroxyl groups is 1. The molecule has 1 saturated carbocycles. The van der Waals surface area contributed by atoms with Crippen molar-refractivity contribution in [2.75, 3.05) is 19.7 Å². The Morgan fingerprint density at radius 1 is 1.24 bits per heavy atom. The van der Waals surface area contributed by atoms with Gasteiger partial charge in [0.1, 0.15) is 28.6 Å². The van der Waals surface area contributed by atoms with Crippen LogP contribution in [-0.4, -0.2) is 74.1 Å². The Morgan fingerprint density at radius 2 is 1.95 bits per heavy atom. The molecule has 0 spiro atoms. The molecule has 1 aromatic rings. The molecule has 3 aliphatic carbocycles. The highest BCUT2D eigenvalue weighted by Gasteiger charge is 2.63. The molecule has 1 saturated heterocycles. The molecule has 0 aromatic heterocycles. The van der Waals surface area contributed by atoms with Crippen LogP contribution in [0.25, 0.3) is 5.76 Å². The van der Waals surface area contributed by atoms with Gasteiger partial charge in [-0.15, -0.1) is 0 Å². The first-order valence-corrected chi connectivity index (χ1v) is 13.0. The van der Waals surface area contributed by atoms with Gasteiger partial charge in [-0.3, -0.25) is 19.3 Å². The minimum atomic E-state index is -2.72. The van der Waals surface area contributed by atoms with Gasteiger partial charge in [0.25, 0.3) is 5.91 Å². The van der Waals surface area contributed by atoms with Crippen molar-refractivity contribution in [3.8, 4) is 11.5 Å². The van der Waals surface area contributed by atoms with Crippen molar-refractivity contribution in [3.63, 3.8) is 0 Å². The predicted octanol–water partition coefficient (Wildman–Crippen LogP) is 0.917. The van der Waals surface area contributed by atoms with Gasteiger partial charge in [0.15, 0.2) is 11.4 Å². The highest BCUT2D eigenvalue weighted by Crippen LogP contribution is 2.54. The van der Waals surface area contributed by atoms with E-state index < -0.39 is 58.0 Å². The summed E-state index contributed by atoms with van der Waals surface area (Å²) in [5, 5.41) is 44.7. The lowest BCUT2D eigenvalue weighted by Gasteiger charge is -2.48. The average Bonchev–Trinajstić information content (AvgIpc) is 3.34. The molecule has 8 N–H and O–H groups in total. The summed E-state index contributed by atoms with van der Waals surface area (Å²) in [7, 11) is 0. The number of carbonyl (C=O) groups is 3. The Labute approximate surface area is 219 Å². The first-order valence-electron chi connectivity index (χ1n) is 13.0. The number of nitrogens with two attached hydrogens (primary N) is 2. The normalized spacial score (nSPS) is 31.3. The molecule has 1 heterocycles. The Morgan fingerprint density at radius 3 is 2.58 bits per heavy atom. The summed E-state index contributed by atoms with van der Waals surface area (Å²) in [5.74, 6) is -6.73. The molecule has 0 radical (unpaired) electrons. The van der Waals surface area contributed by atoms with Crippen LogP contribution in [0.2, 0.25) is 0 Å². The second-order valence-electron chi connectivity index (χ2n) is 10.5. The molecule has 2 fully saturated rings. The molecule has 4 aliphatic rings. The second-order valence-corrected chi connectivity index (χ2v) is 10.5. The van der Waals surface area contributed by atoms with E-state index in [1.807, 2.05) is 6.92 Å². The van der Waals surface area contributed by atoms with Crippen LogP contribution in [-0.2, 0) is 20.8 Å². The molecular formula is C27H33N3O8. The van der Waals surface area contributed by atoms with Crippen molar-refractivity contribution in [3.05, 3.63) is 39.7 Å². The summed E-state index contributed by atoms with van der Waals surface area (Å²) in [5.41, 5.74) is 8.83. The lowest BCUT2D eigenvalue weighted by molar-refractivity contribution is -0.149. The number of ether oxygens (including phenoxy) is 1. The number of aliphatic hydroxyl groups excluding tert-OH is 2. The van der Waals surface area contributed by atoms with E-state index in [1.54, 1.807) is 6.07 Å². The average molecular weight is 528 g/mol. The van der Waals surface area contributed by atoms with E-state index in [4.69, 9.17) is 16.2 Å². The number of ketones is 2. The van der Waals surface area contributed by atoms with Crippen molar-refractivity contribution < 1.29 is 39.5 Å². The number of benzene rings is 1. The van der Waals surface area contributed by atoms with Crippen molar-refractivity contribution >= 4 is 23.2 Å². The van der Waals surface area contributed by atoms with Crippen molar-refractivity contribution in [1.82, 2.24) is 4.90 Å². The maximum Gasteiger partial charge on any atom is 0.255 e. The van der Waals surface area contributed by atoms with Crippen molar-refractivity contribution in [1.29, 1.82) is 0 Å². The van der Waals surface area contributed by atoms with Crippen LogP contribution in [0.3, 0.4) is 0 Å². The summed E-state index contributed by atoms with van der Waals surface area (Å²) < 4.78 is 6.09. The fourth-order valence-electron chi connectivity index (χ4n) is 6.91. The van der Waals surface area contributed by atoms with Crippen LogP contribution in [0.5, 0.6) is 11.5 Å². The summed E-state index contributed by atoms with van der Waals surface area (Å²) in [6.07, 6.45) is 1.98. The molecule has 204 valence electrons. The summed E-state index contributed by atoms with van der Waals surface area (Å²) in [4.78, 5) is 40.7. The number of amides is 1. The number of nitrogens with zero attached hydrogens (tertiary/aromatic N) is 1. The maximum absolute atomic E-state index is 13.7. The third-order valence-electron chi connectivity index (χ3n) is 8.65. The van der Waals surface area contributed by atoms with Crippen LogP contribution >= 0.6 is 0 Å². The number of fused-ring (bicyclic) bond motifs is 3. The molecule has 38 heavy (non-hydrogen) atoms. The molecule has 1 aromatic carbocycles. The molecule has 11 nitrogen and oxygen atoms in total. The number of phenols is 1. The van der Waals surface area contributed by atoms with E-state index in [0.717, 1.165) is 31.5 Å². The molecule has 1 aliphatic heterocycles. The number of carbonyl (C=O) groups excluding carboxylic acids is 3. The van der Waals surface area contributed by atoms with Crippen molar-refractivity contribution in [2.24, 2.45) is 23.3 Å². The molecule has 5 rings (SSSR count). The minimum Gasteiger partial charge on any atom is -0.508 e. The lowest BCUT2D eigenvalue weighted by atomic mass is 9.58. The largest absolute Gasteiger partial charge is 0.508 e. The molecular weight excluding hydrogens is 494 g/mol. The SMILES string of the molecule is CCOc1c([C@@H]2CCCN2CC)cc(O)c2c1C[C@H]1C[C@H]3[C@H](N)C(=O)C(C(N)=O)=C(O)[C@@]3(O)C(=O)C1=C2O. The summed E-state index contributed by atoms with van der Waals surface area (Å²) >= 11 is 0. The lowest BCUT2D eigenvalue weighted by Crippen LogP contribution is -2.65. The quantitative estimate of drug-likeness (QED) is 0.299. The molecule has 0 bridgehead atoms.